The van der Waals surface area contributed by atoms with E-state index in [-0.39, 0.29) is 0 Å². The number of fused-ring (bicyclic) bond motifs is 1. The standard InChI is InChI=1S/C12H18N4/c1-9-2-3-11(7-15-9)16-8-13-6-10-4-5-14-12(10)16/h4-6,9,11,14-15H,2-3,7-8H2,1H3/t9-,11+/m0/s1. The highest BCUT2D eigenvalue weighted by Crippen LogP contribution is 2.25. The van der Waals surface area contributed by atoms with Gasteiger partial charge in [0, 0.05) is 36.6 Å². The smallest absolute Gasteiger partial charge is 0.116 e. The largest absolute Gasteiger partial charge is 0.348 e. The third-order valence-electron chi connectivity index (χ3n) is 3.58. The molecular weight excluding hydrogens is 200 g/mol. The first-order chi connectivity index (χ1) is 7.84. The molecule has 3 rings (SSSR count). The first kappa shape index (κ1) is 9.90. The molecule has 2 aliphatic heterocycles. The molecule has 0 spiro atoms. The fourth-order valence-corrected chi connectivity index (χ4v) is 2.57. The summed E-state index contributed by atoms with van der Waals surface area (Å²) in [6.45, 7) is 4.11. The zero-order valence-electron chi connectivity index (χ0n) is 9.61. The minimum absolute atomic E-state index is 0.575. The molecule has 2 aliphatic rings. The van der Waals surface area contributed by atoms with E-state index in [1.54, 1.807) is 0 Å². The van der Waals surface area contributed by atoms with Gasteiger partial charge in [-0.05, 0) is 25.8 Å². The predicted octanol–water partition coefficient (Wildman–Crippen LogP) is 1.35. The number of aromatic nitrogens is 1. The third-order valence-corrected chi connectivity index (χ3v) is 3.58. The maximum Gasteiger partial charge on any atom is 0.116 e. The molecule has 0 unspecified atom stereocenters. The minimum Gasteiger partial charge on any atom is -0.348 e. The van der Waals surface area contributed by atoms with Crippen LogP contribution in [0, 0.1) is 0 Å². The Hall–Kier alpha value is -1.29. The van der Waals surface area contributed by atoms with Crippen molar-refractivity contribution in [2.45, 2.75) is 31.8 Å². The van der Waals surface area contributed by atoms with Gasteiger partial charge in [0.25, 0.3) is 0 Å². The molecule has 86 valence electrons. The topological polar surface area (TPSA) is 43.4 Å². The molecule has 0 aliphatic carbocycles. The molecule has 2 N–H and O–H groups in total. The summed E-state index contributed by atoms with van der Waals surface area (Å²) in [7, 11) is 0. The number of aromatic amines is 1. The fourth-order valence-electron chi connectivity index (χ4n) is 2.57. The van der Waals surface area contributed by atoms with E-state index in [1.165, 1.54) is 24.2 Å². The van der Waals surface area contributed by atoms with Crippen LogP contribution in [0.15, 0.2) is 17.3 Å². The number of hydrogen-bond donors (Lipinski definition) is 2. The molecular formula is C12H18N4. The molecule has 1 saturated heterocycles. The van der Waals surface area contributed by atoms with E-state index >= 15 is 0 Å². The highest BCUT2D eigenvalue weighted by Gasteiger charge is 2.26. The molecule has 1 aromatic heterocycles. The Morgan fingerprint density at radius 1 is 1.44 bits per heavy atom. The van der Waals surface area contributed by atoms with Gasteiger partial charge in [-0.25, -0.2) is 0 Å². The molecule has 16 heavy (non-hydrogen) atoms. The molecule has 4 heteroatoms. The van der Waals surface area contributed by atoms with Crippen LogP contribution in [0.25, 0.3) is 0 Å². The second-order valence-corrected chi connectivity index (χ2v) is 4.74. The first-order valence-electron chi connectivity index (χ1n) is 6.02. The van der Waals surface area contributed by atoms with Gasteiger partial charge in [-0.2, -0.15) is 0 Å². The SMILES string of the molecule is C[C@H]1CC[C@@H](N2CN=Cc3cc[nH]c32)CN1. The number of rotatable bonds is 1. The zero-order chi connectivity index (χ0) is 11.0. The number of anilines is 1. The molecule has 3 heterocycles. The molecule has 2 atom stereocenters. The maximum atomic E-state index is 4.42. The van der Waals surface area contributed by atoms with Crippen LogP contribution in [0.5, 0.6) is 0 Å². The molecule has 4 nitrogen and oxygen atoms in total. The van der Waals surface area contributed by atoms with Crippen LogP contribution in [0.1, 0.15) is 25.3 Å². The Labute approximate surface area is 95.8 Å². The van der Waals surface area contributed by atoms with Crippen LogP contribution in [-0.4, -0.2) is 36.5 Å². The van der Waals surface area contributed by atoms with Crippen molar-refractivity contribution in [3.05, 3.63) is 17.8 Å². The minimum atomic E-state index is 0.575. The second-order valence-electron chi connectivity index (χ2n) is 4.74. The van der Waals surface area contributed by atoms with Crippen LogP contribution >= 0.6 is 0 Å². The summed E-state index contributed by atoms with van der Waals surface area (Å²) in [4.78, 5) is 10.1. The number of nitrogens with zero attached hydrogens (tertiary/aromatic N) is 2. The number of nitrogens with one attached hydrogen (secondary N) is 2. The molecule has 0 bridgehead atoms. The Morgan fingerprint density at radius 2 is 2.38 bits per heavy atom. The normalized spacial score (nSPS) is 29.2. The van der Waals surface area contributed by atoms with Crippen molar-refractivity contribution in [2.75, 3.05) is 18.1 Å². The molecule has 0 amide bonds. The van der Waals surface area contributed by atoms with Gasteiger partial charge < -0.3 is 15.2 Å². The van der Waals surface area contributed by atoms with Gasteiger partial charge in [-0.1, -0.05) is 0 Å². The third kappa shape index (κ3) is 1.63. The van der Waals surface area contributed by atoms with Crippen LogP contribution in [0.4, 0.5) is 5.82 Å². The number of aliphatic imine (C=N–C) groups is 1. The molecule has 0 aromatic carbocycles. The average Bonchev–Trinajstić information content (AvgIpc) is 2.78. The second kappa shape index (κ2) is 3.94. The van der Waals surface area contributed by atoms with Crippen LogP contribution in [-0.2, 0) is 0 Å². The van der Waals surface area contributed by atoms with Crippen molar-refractivity contribution in [1.82, 2.24) is 10.3 Å². The van der Waals surface area contributed by atoms with E-state index in [0.717, 1.165) is 13.2 Å². The van der Waals surface area contributed by atoms with Gasteiger partial charge in [0.15, 0.2) is 0 Å². The van der Waals surface area contributed by atoms with E-state index in [0.29, 0.717) is 12.1 Å². The maximum absolute atomic E-state index is 4.42. The molecule has 0 radical (unpaired) electrons. The van der Waals surface area contributed by atoms with Crippen molar-refractivity contribution in [1.29, 1.82) is 0 Å². The van der Waals surface area contributed by atoms with Gasteiger partial charge in [-0.3, -0.25) is 4.99 Å². The van der Waals surface area contributed by atoms with Crippen molar-refractivity contribution in [3.63, 3.8) is 0 Å². The summed E-state index contributed by atoms with van der Waals surface area (Å²) in [6.07, 6.45) is 6.46. The van der Waals surface area contributed by atoms with Crippen molar-refractivity contribution >= 4 is 12.0 Å². The predicted molar refractivity (Wildman–Crippen MR) is 66.2 cm³/mol. The zero-order valence-corrected chi connectivity index (χ0v) is 9.61. The lowest BCUT2D eigenvalue weighted by molar-refractivity contribution is 0.368. The van der Waals surface area contributed by atoms with Gasteiger partial charge in [0.1, 0.15) is 12.5 Å². The lowest BCUT2D eigenvalue weighted by Crippen LogP contribution is -2.50. The molecule has 0 saturated carbocycles. The van der Waals surface area contributed by atoms with Gasteiger partial charge in [-0.15, -0.1) is 0 Å². The van der Waals surface area contributed by atoms with Crippen LogP contribution < -0.4 is 10.2 Å². The van der Waals surface area contributed by atoms with E-state index in [2.05, 4.69) is 33.2 Å². The van der Waals surface area contributed by atoms with E-state index < -0.39 is 0 Å². The van der Waals surface area contributed by atoms with Crippen LogP contribution in [0.2, 0.25) is 0 Å². The summed E-state index contributed by atoms with van der Waals surface area (Å²) in [5.74, 6) is 1.23. The van der Waals surface area contributed by atoms with E-state index in [4.69, 9.17) is 0 Å². The van der Waals surface area contributed by atoms with E-state index in [9.17, 15) is 0 Å². The van der Waals surface area contributed by atoms with Gasteiger partial charge in [0.05, 0.1) is 0 Å². The number of piperidine rings is 1. The average molecular weight is 218 g/mol. The number of H-pyrrole nitrogens is 1. The Balaban J connectivity index is 1.79. The monoisotopic (exact) mass is 218 g/mol. The number of hydrogen-bond acceptors (Lipinski definition) is 3. The van der Waals surface area contributed by atoms with Crippen LogP contribution in [0.3, 0.4) is 0 Å². The van der Waals surface area contributed by atoms with Crippen molar-refractivity contribution < 1.29 is 0 Å². The molecule has 1 aromatic rings. The van der Waals surface area contributed by atoms with E-state index in [1.807, 2.05) is 12.4 Å². The van der Waals surface area contributed by atoms with Crippen molar-refractivity contribution in [2.24, 2.45) is 4.99 Å². The Bertz CT molecular complexity index is 387. The van der Waals surface area contributed by atoms with Gasteiger partial charge in [0.2, 0.25) is 0 Å². The Morgan fingerprint density at radius 3 is 3.19 bits per heavy atom. The summed E-state index contributed by atoms with van der Waals surface area (Å²) < 4.78 is 0. The summed E-state index contributed by atoms with van der Waals surface area (Å²) in [5, 5.41) is 3.54. The summed E-state index contributed by atoms with van der Waals surface area (Å²) >= 11 is 0. The fraction of sp³-hybridized carbons (Fsp3) is 0.583. The summed E-state index contributed by atoms with van der Waals surface area (Å²) in [6, 6.07) is 3.32. The first-order valence-corrected chi connectivity index (χ1v) is 6.02. The lowest BCUT2D eigenvalue weighted by atomic mass is 10.0. The highest BCUT2D eigenvalue weighted by atomic mass is 15.3. The van der Waals surface area contributed by atoms with Gasteiger partial charge >= 0.3 is 0 Å². The highest BCUT2D eigenvalue weighted by molar-refractivity contribution is 5.88. The molecule has 1 fully saturated rings. The Kier molecular flexibility index (Phi) is 2.44. The lowest BCUT2D eigenvalue weighted by Gasteiger charge is -2.37. The summed E-state index contributed by atoms with van der Waals surface area (Å²) in [5.41, 5.74) is 1.21. The van der Waals surface area contributed by atoms with Crippen molar-refractivity contribution in [3.8, 4) is 0 Å². The quantitative estimate of drug-likeness (QED) is 0.747.